The van der Waals surface area contributed by atoms with E-state index in [1.807, 2.05) is 39.0 Å². The Morgan fingerprint density at radius 2 is 1.28 bits per heavy atom. The Morgan fingerprint density at radius 1 is 0.760 bits per heavy atom. The van der Waals surface area contributed by atoms with Crippen molar-refractivity contribution in [1.29, 1.82) is 0 Å². The number of hydrogen-bond donors (Lipinski definition) is 1. The number of phenols is 1. The van der Waals surface area contributed by atoms with Crippen molar-refractivity contribution in [2.75, 3.05) is 0 Å². The second-order valence-corrected chi connectivity index (χ2v) is 8.77. The van der Waals surface area contributed by atoms with Crippen molar-refractivity contribution in [3.05, 3.63) is 78.9 Å². The van der Waals surface area contributed by atoms with Crippen LogP contribution in [0.4, 0.5) is 0 Å². The fourth-order valence-electron chi connectivity index (χ4n) is 2.58. The Kier molecular flexibility index (Phi) is 5.05. The first kappa shape index (κ1) is 17.4. The molecule has 0 saturated heterocycles. The summed E-state index contributed by atoms with van der Waals surface area (Å²) < 4.78 is 6.18. The van der Waals surface area contributed by atoms with Crippen molar-refractivity contribution in [1.82, 2.24) is 0 Å². The lowest BCUT2D eigenvalue weighted by molar-refractivity contribution is 0.126. The fourth-order valence-corrected chi connectivity index (χ4v) is 4.72. The van der Waals surface area contributed by atoms with Crippen molar-refractivity contribution in [3.8, 4) is 11.5 Å². The summed E-state index contributed by atoms with van der Waals surface area (Å²) >= 11 is 0. The van der Waals surface area contributed by atoms with Gasteiger partial charge in [0.25, 0.3) is 0 Å². The zero-order valence-corrected chi connectivity index (χ0v) is 15.6. The normalized spacial score (nSPS) is 11.5. The van der Waals surface area contributed by atoms with E-state index in [9.17, 15) is 5.11 Å². The second kappa shape index (κ2) is 7.24. The van der Waals surface area contributed by atoms with Crippen LogP contribution in [0.2, 0.25) is 0 Å². The Labute approximate surface area is 152 Å². The third-order valence-corrected chi connectivity index (χ3v) is 5.79. The zero-order valence-electron chi connectivity index (χ0n) is 14.8. The molecule has 0 saturated carbocycles. The molecule has 2 nitrogen and oxygen atoms in total. The molecular weight excluding hydrogens is 328 g/mol. The van der Waals surface area contributed by atoms with Crippen LogP contribution in [-0.2, 0) is 10.9 Å². The lowest BCUT2D eigenvalue weighted by Gasteiger charge is -2.22. The van der Waals surface area contributed by atoms with Crippen LogP contribution in [0, 0.1) is 0 Å². The van der Waals surface area contributed by atoms with Crippen LogP contribution in [-0.4, -0.2) is 10.7 Å². The van der Waals surface area contributed by atoms with E-state index in [-0.39, 0.29) is 22.2 Å². The highest BCUT2D eigenvalue weighted by atomic mass is 32.2. The van der Waals surface area contributed by atoms with Gasteiger partial charge < -0.3 is 9.84 Å². The number of ether oxygens (including phenoxy) is 1. The molecule has 0 unspecified atom stereocenters. The van der Waals surface area contributed by atoms with Gasteiger partial charge in [0.15, 0.2) is 15.5 Å². The molecule has 128 valence electrons. The highest BCUT2D eigenvalue weighted by Crippen LogP contribution is 2.39. The van der Waals surface area contributed by atoms with Crippen LogP contribution in [0.25, 0.3) is 0 Å². The molecule has 3 aromatic carbocycles. The van der Waals surface area contributed by atoms with E-state index in [0.717, 1.165) is 10.6 Å². The highest BCUT2D eigenvalue weighted by Gasteiger charge is 2.33. The molecule has 0 atom stereocenters. The number of rotatable bonds is 4. The molecule has 0 fully saturated rings. The molecule has 0 aliphatic heterocycles. The molecule has 0 aromatic heterocycles. The van der Waals surface area contributed by atoms with Crippen LogP contribution in [0.3, 0.4) is 0 Å². The van der Waals surface area contributed by atoms with Gasteiger partial charge in [-0.15, -0.1) is 0 Å². The molecular formula is C22H23O2S+. The van der Waals surface area contributed by atoms with E-state index in [0.29, 0.717) is 0 Å². The summed E-state index contributed by atoms with van der Waals surface area (Å²) in [5, 5.41) is 9.98. The molecule has 25 heavy (non-hydrogen) atoms. The van der Waals surface area contributed by atoms with Gasteiger partial charge in [-0.1, -0.05) is 36.4 Å². The average Bonchev–Trinajstić information content (AvgIpc) is 2.58. The van der Waals surface area contributed by atoms with Gasteiger partial charge in [0.2, 0.25) is 4.90 Å². The largest absolute Gasteiger partial charge is 0.508 e. The first-order chi connectivity index (χ1) is 11.9. The Balaban J connectivity index is 2.17. The van der Waals surface area contributed by atoms with E-state index in [1.165, 1.54) is 9.79 Å². The maximum Gasteiger partial charge on any atom is 0.208 e. The summed E-state index contributed by atoms with van der Waals surface area (Å²) in [5.41, 5.74) is -0.342. The summed E-state index contributed by atoms with van der Waals surface area (Å²) in [5.74, 6) is 0.941. The second-order valence-electron chi connectivity index (χ2n) is 6.78. The molecule has 0 heterocycles. The van der Waals surface area contributed by atoms with Gasteiger partial charge >= 0.3 is 0 Å². The quantitative estimate of drug-likeness (QED) is 0.614. The summed E-state index contributed by atoms with van der Waals surface area (Å²) in [4.78, 5) is 3.52. The van der Waals surface area contributed by atoms with Gasteiger partial charge in [-0.25, -0.2) is 0 Å². The molecule has 0 radical (unpaired) electrons. The SMILES string of the molecule is CC(C)(C)Oc1cc(O)ccc1[S+](c1ccccc1)c1ccccc1. The van der Waals surface area contributed by atoms with Gasteiger partial charge in [0, 0.05) is 12.1 Å². The van der Waals surface area contributed by atoms with Crippen molar-refractivity contribution in [2.45, 2.75) is 41.1 Å². The van der Waals surface area contributed by atoms with Gasteiger partial charge in [-0.3, -0.25) is 0 Å². The summed E-state index contributed by atoms with van der Waals surface area (Å²) in [6, 6.07) is 26.3. The smallest absolute Gasteiger partial charge is 0.208 e. The van der Waals surface area contributed by atoms with Gasteiger partial charge in [-0.05, 0) is 51.1 Å². The first-order valence-corrected chi connectivity index (χ1v) is 9.53. The standard InChI is InChI=1S/C22H22O2S/c1-22(2,3)24-20-16-17(23)14-15-21(20)25(18-10-6-4-7-11-18)19-12-8-5-9-13-19/h4-16H,1-3H3/p+1. The van der Waals surface area contributed by atoms with Crippen LogP contribution in [0.1, 0.15) is 20.8 Å². The summed E-state index contributed by atoms with van der Waals surface area (Å²) in [6.07, 6.45) is 0. The van der Waals surface area contributed by atoms with Crippen LogP contribution < -0.4 is 4.74 Å². The average molecular weight is 351 g/mol. The van der Waals surface area contributed by atoms with Crippen molar-refractivity contribution in [3.63, 3.8) is 0 Å². The lowest BCUT2D eigenvalue weighted by atomic mass is 10.2. The predicted octanol–water partition coefficient (Wildman–Crippen LogP) is 5.66. The summed E-state index contributed by atoms with van der Waals surface area (Å²) in [6.45, 7) is 6.05. The number of phenolic OH excluding ortho intramolecular Hbond substituents is 1. The van der Waals surface area contributed by atoms with Crippen LogP contribution >= 0.6 is 0 Å². The van der Waals surface area contributed by atoms with Crippen molar-refractivity contribution in [2.24, 2.45) is 0 Å². The molecule has 0 spiro atoms. The van der Waals surface area contributed by atoms with Gasteiger partial charge in [0.1, 0.15) is 22.2 Å². The van der Waals surface area contributed by atoms with E-state index >= 15 is 0 Å². The topological polar surface area (TPSA) is 29.5 Å². The number of benzene rings is 3. The van der Waals surface area contributed by atoms with Gasteiger partial charge in [-0.2, -0.15) is 0 Å². The fraction of sp³-hybridized carbons (Fsp3) is 0.182. The highest BCUT2D eigenvalue weighted by molar-refractivity contribution is 7.97. The molecule has 0 aliphatic rings. The molecule has 3 aromatic rings. The zero-order chi connectivity index (χ0) is 17.9. The number of hydrogen-bond acceptors (Lipinski definition) is 2. The molecule has 3 rings (SSSR count). The number of aromatic hydroxyl groups is 1. The first-order valence-electron chi connectivity index (χ1n) is 8.30. The third kappa shape index (κ3) is 4.37. The maximum atomic E-state index is 9.98. The molecule has 0 bridgehead atoms. The van der Waals surface area contributed by atoms with Crippen LogP contribution in [0.15, 0.2) is 93.5 Å². The van der Waals surface area contributed by atoms with Crippen molar-refractivity contribution < 1.29 is 9.84 Å². The van der Waals surface area contributed by atoms with E-state index < -0.39 is 0 Å². The molecule has 1 N–H and O–H groups in total. The van der Waals surface area contributed by atoms with Gasteiger partial charge in [0.05, 0.1) is 0 Å². The minimum absolute atomic E-state index is 0.215. The molecule has 3 heteroatoms. The van der Waals surface area contributed by atoms with E-state index in [2.05, 4.69) is 48.5 Å². The molecule has 0 aliphatic carbocycles. The van der Waals surface area contributed by atoms with E-state index in [4.69, 9.17) is 4.74 Å². The minimum Gasteiger partial charge on any atom is -0.508 e. The minimum atomic E-state index is -0.342. The monoisotopic (exact) mass is 351 g/mol. The third-order valence-electron chi connectivity index (χ3n) is 3.52. The lowest BCUT2D eigenvalue weighted by Crippen LogP contribution is -2.24. The summed E-state index contributed by atoms with van der Waals surface area (Å²) in [7, 11) is -0.305. The Bertz CT molecular complexity index is 784. The molecule has 0 amide bonds. The van der Waals surface area contributed by atoms with Crippen LogP contribution in [0.5, 0.6) is 11.5 Å². The Hall–Kier alpha value is -2.39. The predicted molar refractivity (Wildman–Crippen MR) is 104 cm³/mol. The Morgan fingerprint density at radius 3 is 1.76 bits per heavy atom. The maximum absolute atomic E-state index is 9.98. The van der Waals surface area contributed by atoms with Crippen molar-refractivity contribution >= 4 is 10.9 Å². The van der Waals surface area contributed by atoms with E-state index in [1.54, 1.807) is 12.1 Å².